The first-order valence-corrected chi connectivity index (χ1v) is 15.8. The molecule has 1 aliphatic carbocycles. The lowest BCUT2D eigenvalue weighted by Crippen LogP contribution is -2.27. The van der Waals surface area contributed by atoms with Gasteiger partial charge in [0.15, 0.2) is 0 Å². The highest BCUT2D eigenvalue weighted by atomic mass is 31.3. The number of rotatable bonds is 14. The van der Waals surface area contributed by atoms with E-state index in [4.69, 9.17) is 19.4 Å². The van der Waals surface area contributed by atoms with Gasteiger partial charge in [0.1, 0.15) is 6.61 Å². The smallest absolute Gasteiger partial charge is 0.449 e. The fraction of sp³-hybridized carbons (Fsp3) is 0.381. The van der Waals surface area contributed by atoms with Gasteiger partial charge >= 0.3 is 29.6 Å². The first-order valence-electron chi connectivity index (χ1n) is 11.2. The molecule has 204 valence electrons. The molecular weight excluding hydrogens is 551 g/mol. The summed E-state index contributed by atoms with van der Waals surface area (Å²) < 4.78 is 50.6. The lowest BCUT2D eigenvalue weighted by atomic mass is 9.98. The van der Waals surface area contributed by atoms with E-state index in [0.29, 0.717) is 25.8 Å². The Bertz CT molecular complexity index is 1190. The number of fused-ring (bicyclic) bond motifs is 3. The van der Waals surface area contributed by atoms with Crippen LogP contribution in [0.1, 0.15) is 42.7 Å². The standard InChI is InChI=1S/C21H28NO12P3/c23-21(31-15-20-18-11-5-3-9-16(18)17-10-4-6-12-19(17)20)22-13-7-1-2-8-14-32-36(27,28)34-37(29,30)33-35(24,25)26/h3-6,9-12,20H,1-2,7-8,13-15H2,(H,22,23)(H,27,28)(H,29,30)(H2,24,25,26). The maximum absolute atomic E-state index is 12.1. The molecule has 0 fully saturated rings. The van der Waals surface area contributed by atoms with Crippen molar-refractivity contribution in [2.45, 2.75) is 31.6 Å². The molecule has 1 aliphatic rings. The molecule has 2 unspecified atom stereocenters. The van der Waals surface area contributed by atoms with E-state index in [1.807, 2.05) is 36.4 Å². The molecule has 13 nitrogen and oxygen atoms in total. The zero-order chi connectivity index (χ0) is 27.1. The van der Waals surface area contributed by atoms with Crippen LogP contribution in [0.3, 0.4) is 0 Å². The molecule has 16 heteroatoms. The van der Waals surface area contributed by atoms with Crippen LogP contribution in [0.2, 0.25) is 0 Å². The highest BCUT2D eigenvalue weighted by molar-refractivity contribution is 7.66. The molecule has 2 atom stereocenters. The van der Waals surface area contributed by atoms with Crippen molar-refractivity contribution >= 4 is 29.6 Å². The first kappa shape index (κ1) is 29.7. The molecule has 0 aliphatic heterocycles. The van der Waals surface area contributed by atoms with Gasteiger partial charge in [-0.15, -0.1) is 0 Å². The van der Waals surface area contributed by atoms with Crippen LogP contribution in [0.4, 0.5) is 4.79 Å². The zero-order valence-corrected chi connectivity index (χ0v) is 22.2. The van der Waals surface area contributed by atoms with E-state index < -0.39 is 29.6 Å². The maximum atomic E-state index is 12.1. The molecule has 0 aromatic heterocycles. The van der Waals surface area contributed by atoms with Crippen molar-refractivity contribution in [3.05, 3.63) is 59.7 Å². The Morgan fingerprint density at radius 1 is 0.784 bits per heavy atom. The van der Waals surface area contributed by atoms with E-state index in [1.165, 1.54) is 0 Å². The monoisotopic (exact) mass is 579 g/mol. The number of ether oxygens (including phenoxy) is 1. The van der Waals surface area contributed by atoms with Crippen molar-refractivity contribution in [3.8, 4) is 11.1 Å². The van der Waals surface area contributed by atoms with E-state index >= 15 is 0 Å². The number of phosphoric ester groups is 1. The minimum Gasteiger partial charge on any atom is -0.449 e. The molecular formula is C21H28NO12P3. The number of hydrogen-bond donors (Lipinski definition) is 5. The zero-order valence-electron chi connectivity index (χ0n) is 19.5. The van der Waals surface area contributed by atoms with Gasteiger partial charge in [0.05, 0.1) is 6.61 Å². The molecule has 0 heterocycles. The van der Waals surface area contributed by atoms with Gasteiger partial charge in [-0.3, -0.25) is 4.52 Å². The molecule has 0 bridgehead atoms. The SMILES string of the molecule is O=C(NCCCCCCOP(=O)(O)OP(=O)(O)OP(=O)(O)O)OCC1c2ccccc2-c2ccccc21. The molecule has 3 rings (SSSR count). The number of unbranched alkanes of at least 4 members (excludes halogenated alkanes) is 3. The number of hydrogen-bond acceptors (Lipinski definition) is 8. The van der Waals surface area contributed by atoms with Crippen LogP contribution in [0.15, 0.2) is 48.5 Å². The number of benzene rings is 2. The van der Waals surface area contributed by atoms with Gasteiger partial charge in [-0.1, -0.05) is 61.4 Å². The lowest BCUT2D eigenvalue weighted by Gasteiger charge is -2.16. The summed E-state index contributed by atoms with van der Waals surface area (Å²) in [6, 6.07) is 16.0. The predicted molar refractivity (Wildman–Crippen MR) is 131 cm³/mol. The maximum Gasteiger partial charge on any atom is 0.490 e. The summed E-state index contributed by atoms with van der Waals surface area (Å²) in [7, 11) is -16.0. The second-order valence-electron chi connectivity index (χ2n) is 8.09. The Kier molecular flexibility index (Phi) is 10.2. The van der Waals surface area contributed by atoms with Gasteiger partial charge in [-0.05, 0) is 35.1 Å². The van der Waals surface area contributed by atoms with E-state index in [9.17, 15) is 23.4 Å². The Morgan fingerprint density at radius 2 is 1.35 bits per heavy atom. The van der Waals surface area contributed by atoms with Crippen LogP contribution in [-0.4, -0.2) is 45.4 Å². The van der Waals surface area contributed by atoms with E-state index in [2.05, 4.69) is 30.6 Å². The number of nitrogens with one attached hydrogen (secondary N) is 1. The van der Waals surface area contributed by atoms with Crippen molar-refractivity contribution in [1.29, 1.82) is 0 Å². The van der Waals surface area contributed by atoms with Gasteiger partial charge in [-0.2, -0.15) is 8.62 Å². The normalized spacial score (nSPS) is 16.3. The van der Waals surface area contributed by atoms with Crippen molar-refractivity contribution in [1.82, 2.24) is 5.32 Å². The highest BCUT2D eigenvalue weighted by Crippen LogP contribution is 2.66. The number of phosphoric acid groups is 3. The first-order chi connectivity index (χ1) is 17.4. The van der Waals surface area contributed by atoms with Crippen LogP contribution in [0.5, 0.6) is 0 Å². The van der Waals surface area contributed by atoms with Gasteiger partial charge in [-0.25, -0.2) is 18.5 Å². The van der Waals surface area contributed by atoms with Crippen molar-refractivity contribution in [2.75, 3.05) is 19.8 Å². The van der Waals surface area contributed by atoms with Crippen LogP contribution in [-0.2, 0) is 31.6 Å². The third kappa shape index (κ3) is 9.42. The summed E-state index contributed by atoms with van der Waals surface area (Å²) in [6.45, 7) is 0.233. The summed E-state index contributed by atoms with van der Waals surface area (Å²) in [5.41, 5.74) is 4.51. The van der Waals surface area contributed by atoms with E-state index in [1.54, 1.807) is 0 Å². The topological polar surface area (TPSA) is 198 Å². The largest absolute Gasteiger partial charge is 0.490 e. The van der Waals surface area contributed by atoms with Gasteiger partial charge in [0, 0.05) is 12.5 Å². The van der Waals surface area contributed by atoms with Crippen molar-refractivity contribution < 1.29 is 55.9 Å². The Hall–Kier alpha value is -1.88. The fourth-order valence-electron chi connectivity index (χ4n) is 3.90. The second-order valence-corrected chi connectivity index (χ2v) is 12.5. The average Bonchev–Trinajstić information content (AvgIpc) is 3.10. The van der Waals surface area contributed by atoms with Crippen LogP contribution < -0.4 is 5.32 Å². The van der Waals surface area contributed by atoms with E-state index in [0.717, 1.165) is 22.3 Å². The highest BCUT2D eigenvalue weighted by Gasteiger charge is 2.40. The molecule has 2 aromatic rings. The average molecular weight is 579 g/mol. The summed E-state index contributed by atoms with van der Waals surface area (Å²) in [4.78, 5) is 47.6. The lowest BCUT2D eigenvalue weighted by molar-refractivity contribution is 0.142. The van der Waals surface area contributed by atoms with E-state index in [-0.39, 0.29) is 25.6 Å². The van der Waals surface area contributed by atoms with Crippen LogP contribution >= 0.6 is 23.5 Å². The number of carbonyl (C=O) groups is 1. The minimum atomic E-state index is -5.51. The number of alkyl carbamates (subject to hydrolysis) is 1. The predicted octanol–water partition coefficient (Wildman–Crippen LogP) is 4.43. The summed E-state index contributed by atoms with van der Waals surface area (Å²) in [5, 5.41) is 2.68. The summed E-state index contributed by atoms with van der Waals surface area (Å²) in [5.74, 6) is -0.0345. The Labute approximate surface area is 213 Å². The number of carbonyl (C=O) groups excluding carboxylic acids is 1. The van der Waals surface area contributed by atoms with Crippen LogP contribution in [0.25, 0.3) is 11.1 Å². The van der Waals surface area contributed by atoms with Gasteiger partial charge in [0.25, 0.3) is 0 Å². The minimum absolute atomic E-state index is 0.0345. The molecule has 0 saturated heterocycles. The third-order valence-corrected chi connectivity index (χ3v) is 9.19. The molecule has 1 amide bonds. The van der Waals surface area contributed by atoms with Crippen LogP contribution in [0, 0.1) is 0 Å². The van der Waals surface area contributed by atoms with Gasteiger partial charge in [0.2, 0.25) is 0 Å². The van der Waals surface area contributed by atoms with Gasteiger partial charge < -0.3 is 29.6 Å². The molecule has 0 radical (unpaired) electrons. The Morgan fingerprint density at radius 3 is 1.95 bits per heavy atom. The molecule has 0 saturated carbocycles. The molecule has 2 aromatic carbocycles. The molecule has 5 N–H and O–H groups in total. The fourth-order valence-corrected chi connectivity index (χ4v) is 6.96. The number of amides is 1. The third-order valence-electron chi connectivity index (χ3n) is 5.35. The molecule has 37 heavy (non-hydrogen) atoms. The Balaban J connectivity index is 1.29. The summed E-state index contributed by atoms with van der Waals surface area (Å²) >= 11 is 0. The quantitative estimate of drug-likeness (QED) is 0.156. The van der Waals surface area contributed by atoms with Crippen molar-refractivity contribution in [3.63, 3.8) is 0 Å². The van der Waals surface area contributed by atoms with Crippen molar-refractivity contribution in [2.24, 2.45) is 0 Å². The molecule has 0 spiro atoms. The summed E-state index contributed by atoms with van der Waals surface area (Å²) in [6.07, 6.45) is 1.49. The second kappa shape index (κ2) is 12.8.